The summed E-state index contributed by atoms with van der Waals surface area (Å²) >= 11 is 6.98. The maximum atomic E-state index is 12.6. The van der Waals surface area contributed by atoms with Crippen molar-refractivity contribution in [1.82, 2.24) is 9.62 Å². The zero-order valence-electron chi connectivity index (χ0n) is 14.4. The highest BCUT2D eigenvalue weighted by Crippen LogP contribution is 2.34. The topological polar surface area (TPSA) is 86.7 Å². The van der Waals surface area contributed by atoms with E-state index in [1.54, 1.807) is 0 Å². The first-order chi connectivity index (χ1) is 12.8. The number of amides is 1. The summed E-state index contributed by atoms with van der Waals surface area (Å²) in [7, 11) is -3.67. The van der Waals surface area contributed by atoms with Gasteiger partial charge in [0.05, 0.1) is 17.0 Å². The SMILES string of the molecule is O=C(N[C@@H]1CCc2cc(Cl)ccc21)c1ccc(S(=O)(=O)N2CC[C@@H](O)C2)s1. The number of nitrogens with zero attached hydrogens (tertiary/aromatic N) is 1. The first-order valence-electron chi connectivity index (χ1n) is 8.72. The van der Waals surface area contributed by atoms with Gasteiger partial charge in [-0.15, -0.1) is 11.3 Å². The Morgan fingerprint density at radius 1 is 1.26 bits per heavy atom. The van der Waals surface area contributed by atoms with E-state index in [9.17, 15) is 18.3 Å². The lowest BCUT2D eigenvalue weighted by molar-refractivity contribution is 0.0941. The number of carbonyl (C=O) groups excluding carboxylic acids is 1. The van der Waals surface area contributed by atoms with Crippen LogP contribution in [0.1, 0.15) is 39.7 Å². The van der Waals surface area contributed by atoms with Crippen molar-refractivity contribution >= 4 is 38.9 Å². The van der Waals surface area contributed by atoms with Crippen LogP contribution in [0.2, 0.25) is 5.02 Å². The molecule has 2 atom stereocenters. The van der Waals surface area contributed by atoms with E-state index in [2.05, 4.69) is 5.32 Å². The molecular weight excluding hydrogens is 408 g/mol. The van der Waals surface area contributed by atoms with Gasteiger partial charge in [-0.05, 0) is 54.7 Å². The van der Waals surface area contributed by atoms with E-state index in [-0.39, 0.29) is 22.7 Å². The van der Waals surface area contributed by atoms with Gasteiger partial charge in [0, 0.05) is 18.1 Å². The van der Waals surface area contributed by atoms with Crippen molar-refractivity contribution in [3.05, 3.63) is 51.4 Å². The number of fused-ring (bicyclic) bond motifs is 1. The summed E-state index contributed by atoms with van der Waals surface area (Å²) in [5.74, 6) is -0.282. The number of benzene rings is 1. The normalized spacial score (nSPS) is 22.7. The molecule has 1 saturated heterocycles. The lowest BCUT2D eigenvalue weighted by atomic mass is 10.1. The molecule has 1 aliphatic carbocycles. The molecule has 1 amide bonds. The van der Waals surface area contributed by atoms with Gasteiger partial charge in [-0.2, -0.15) is 4.31 Å². The van der Waals surface area contributed by atoms with E-state index in [1.165, 1.54) is 16.4 Å². The Bertz CT molecular complexity index is 989. The summed E-state index contributed by atoms with van der Waals surface area (Å²) in [6.45, 7) is 0.396. The van der Waals surface area contributed by atoms with Crippen molar-refractivity contribution < 1.29 is 18.3 Å². The fourth-order valence-electron chi connectivity index (χ4n) is 3.60. The number of carbonyl (C=O) groups is 1. The first-order valence-corrected chi connectivity index (χ1v) is 11.4. The van der Waals surface area contributed by atoms with Crippen LogP contribution in [0.4, 0.5) is 0 Å². The molecule has 1 aromatic carbocycles. The molecule has 144 valence electrons. The van der Waals surface area contributed by atoms with Crippen molar-refractivity contribution in [2.45, 2.75) is 35.6 Å². The van der Waals surface area contributed by atoms with Gasteiger partial charge >= 0.3 is 0 Å². The van der Waals surface area contributed by atoms with E-state index in [1.807, 2.05) is 18.2 Å². The van der Waals surface area contributed by atoms with Gasteiger partial charge in [0.25, 0.3) is 15.9 Å². The molecule has 1 fully saturated rings. The van der Waals surface area contributed by atoms with Gasteiger partial charge in [0.15, 0.2) is 0 Å². The fraction of sp³-hybridized carbons (Fsp3) is 0.389. The Balaban J connectivity index is 1.49. The molecule has 0 spiro atoms. The number of hydrogen-bond donors (Lipinski definition) is 2. The van der Waals surface area contributed by atoms with Crippen LogP contribution in [0.3, 0.4) is 0 Å². The number of thiophene rings is 1. The predicted molar refractivity (Wildman–Crippen MR) is 104 cm³/mol. The number of hydrogen-bond acceptors (Lipinski definition) is 5. The Kier molecular flexibility index (Phi) is 5.02. The van der Waals surface area contributed by atoms with Gasteiger partial charge in [0.2, 0.25) is 0 Å². The molecule has 4 rings (SSSR count). The van der Waals surface area contributed by atoms with Crippen LogP contribution in [-0.4, -0.2) is 42.9 Å². The van der Waals surface area contributed by atoms with Crippen molar-refractivity contribution in [2.24, 2.45) is 0 Å². The maximum Gasteiger partial charge on any atom is 0.261 e. The molecule has 2 N–H and O–H groups in total. The smallest absolute Gasteiger partial charge is 0.261 e. The largest absolute Gasteiger partial charge is 0.392 e. The van der Waals surface area contributed by atoms with Gasteiger partial charge in [-0.3, -0.25) is 4.79 Å². The summed E-state index contributed by atoms with van der Waals surface area (Å²) in [4.78, 5) is 13.0. The Hall–Kier alpha value is -1.45. The third-order valence-electron chi connectivity index (χ3n) is 5.01. The van der Waals surface area contributed by atoms with Gasteiger partial charge in [-0.1, -0.05) is 17.7 Å². The lowest BCUT2D eigenvalue weighted by Gasteiger charge is -2.14. The number of sulfonamides is 1. The molecule has 2 aromatic rings. The van der Waals surface area contributed by atoms with Crippen LogP contribution >= 0.6 is 22.9 Å². The van der Waals surface area contributed by atoms with Gasteiger partial charge in [0.1, 0.15) is 4.21 Å². The molecule has 27 heavy (non-hydrogen) atoms. The maximum absolute atomic E-state index is 12.6. The van der Waals surface area contributed by atoms with Crippen LogP contribution in [0.25, 0.3) is 0 Å². The Morgan fingerprint density at radius 2 is 2.07 bits per heavy atom. The summed E-state index contributed by atoms with van der Waals surface area (Å²) in [5, 5.41) is 13.3. The lowest BCUT2D eigenvalue weighted by Crippen LogP contribution is -2.29. The molecule has 1 aromatic heterocycles. The van der Waals surface area contributed by atoms with E-state index in [0.717, 1.165) is 35.3 Å². The molecule has 1 aliphatic heterocycles. The molecule has 0 unspecified atom stereocenters. The quantitative estimate of drug-likeness (QED) is 0.786. The Morgan fingerprint density at radius 3 is 2.81 bits per heavy atom. The predicted octanol–water partition coefficient (Wildman–Crippen LogP) is 2.57. The molecule has 9 heteroatoms. The molecule has 2 heterocycles. The second-order valence-corrected chi connectivity index (χ2v) is 10.5. The zero-order valence-corrected chi connectivity index (χ0v) is 16.8. The fourth-order valence-corrected chi connectivity index (χ4v) is 6.65. The number of halogens is 1. The molecule has 2 aliphatic rings. The zero-order chi connectivity index (χ0) is 19.2. The number of aliphatic hydroxyl groups excluding tert-OH is 1. The number of aliphatic hydroxyl groups is 1. The second kappa shape index (κ2) is 7.18. The number of aryl methyl sites for hydroxylation is 1. The third kappa shape index (κ3) is 3.64. The average molecular weight is 427 g/mol. The van der Waals surface area contributed by atoms with Gasteiger partial charge < -0.3 is 10.4 Å². The standard InChI is InChI=1S/C18H19ClN2O4S2/c19-12-2-3-14-11(9-12)1-4-15(14)20-18(23)16-5-6-17(26-16)27(24,25)21-8-7-13(22)10-21/h2-3,5-6,9,13,15,22H,1,4,7-8,10H2,(H,20,23)/t13-,15-/m1/s1. The van der Waals surface area contributed by atoms with E-state index in [4.69, 9.17) is 11.6 Å². The van der Waals surface area contributed by atoms with Crippen LogP contribution in [0.15, 0.2) is 34.5 Å². The molecule has 6 nitrogen and oxygen atoms in total. The van der Waals surface area contributed by atoms with E-state index in [0.29, 0.717) is 22.9 Å². The summed E-state index contributed by atoms with van der Waals surface area (Å²) in [5.41, 5.74) is 2.19. The minimum absolute atomic E-state index is 0.0966. The summed E-state index contributed by atoms with van der Waals surface area (Å²) in [6.07, 6.45) is 1.45. The number of β-amino-alcohol motifs (C(OH)–C–C–N with tert-alkyl or cyclic N) is 1. The highest BCUT2D eigenvalue weighted by atomic mass is 35.5. The van der Waals surface area contributed by atoms with Crippen molar-refractivity contribution in [1.29, 1.82) is 0 Å². The first kappa shape index (κ1) is 18.9. The van der Waals surface area contributed by atoms with Crippen LogP contribution in [-0.2, 0) is 16.4 Å². The molecular formula is C18H19ClN2O4S2. The summed E-state index contributed by atoms with van der Waals surface area (Å²) < 4.78 is 26.7. The third-order valence-corrected chi connectivity index (χ3v) is 8.67. The number of nitrogens with one attached hydrogen (secondary N) is 1. The second-order valence-electron chi connectivity index (χ2n) is 6.83. The van der Waals surface area contributed by atoms with E-state index >= 15 is 0 Å². The van der Waals surface area contributed by atoms with Crippen molar-refractivity contribution in [3.63, 3.8) is 0 Å². The monoisotopic (exact) mass is 426 g/mol. The van der Waals surface area contributed by atoms with Crippen LogP contribution in [0, 0.1) is 0 Å². The van der Waals surface area contributed by atoms with Crippen molar-refractivity contribution in [3.8, 4) is 0 Å². The molecule has 0 saturated carbocycles. The molecule has 0 radical (unpaired) electrons. The minimum atomic E-state index is -3.67. The van der Waals surface area contributed by atoms with Crippen LogP contribution < -0.4 is 5.32 Å². The number of rotatable bonds is 4. The van der Waals surface area contributed by atoms with E-state index < -0.39 is 16.1 Å². The van der Waals surface area contributed by atoms with Gasteiger partial charge in [-0.25, -0.2) is 8.42 Å². The van der Waals surface area contributed by atoms with Crippen molar-refractivity contribution in [2.75, 3.05) is 13.1 Å². The molecule has 0 bridgehead atoms. The highest BCUT2D eigenvalue weighted by Gasteiger charge is 2.33. The average Bonchev–Trinajstić information content (AvgIpc) is 3.34. The van der Waals surface area contributed by atoms with Crippen LogP contribution in [0.5, 0.6) is 0 Å². The Labute approximate surface area is 166 Å². The highest BCUT2D eigenvalue weighted by molar-refractivity contribution is 7.91. The minimum Gasteiger partial charge on any atom is -0.392 e. The summed E-state index contributed by atoms with van der Waals surface area (Å²) in [6, 6.07) is 8.56.